The first kappa shape index (κ1) is 12.6. The molecule has 2 aliphatic carbocycles. The topological polar surface area (TPSA) is 29.5 Å². The zero-order valence-electron chi connectivity index (χ0n) is 11.3. The Morgan fingerprint density at radius 1 is 1.31 bits per heavy atom. The van der Waals surface area contributed by atoms with Crippen LogP contribution in [0.15, 0.2) is 0 Å². The largest absolute Gasteiger partial charge is 0.414 e. The molecule has 16 heavy (non-hydrogen) atoms. The second-order valence-electron chi connectivity index (χ2n) is 7.36. The molecule has 0 radical (unpaired) electrons. The van der Waals surface area contributed by atoms with E-state index in [2.05, 4.69) is 33.9 Å². The van der Waals surface area contributed by atoms with Crippen molar-refractivity contribution in [2.75, 3.05) is 6.61 Å². The molecule has 2 fully saturated rings. The van der Waals surface area contributed by atoms with Gasteiger partial charge in [-0.3, -0.25) is 0 Å². The molecule has 0 aromatic carbocycles. The molecule has 0 aliphatic heterocycles. The van der Waals surface area contributed by atoms with Gasteiger partial charge in [-0.05, 0) is 48.7 Å². The molecule has 1 N–H and O–H groups in total. The van der Waals surface area contributed by atoms with E-state index in [9.17, 15) is 5.11 Å². The van der Waals surface area contributed by atoms with Gasteiger partial charge in [0.15, 0.2) is 8.32 Å². The van der Waals surface area contributed by atoms with Gasteiger partial charge in [0.05, 0.1) is 0 Å². The Hall–Kier alpha value is 0.137. The molecule has 0 unspecified atom stereocenters. The number of hydrogen-bond acceptors (Lipinski definition) is 2. The first-order valence-electron chi connectivity index (χ1n) is 6.49. The van der Waals surface area contributed by atoms with Gasteiger partial charge in [-0.1, -0.05) is 20.8 Å². The van der Waals surface area contributed by atoms with Crippen molar-refractivity contribution in [2.24, 2.45) is 11.3 Å². The van der Waals surface area contributed by atoms with Gasteiger partial charge in [-0.25, -0.2) is 0 Å². The minimum atomic E-state index is -1.61. The van der Waals surface area contributed by atoms with E-state index in [0.29, 0.717) is 17.7 Å². The monoisotopic (exact) mass is 242 g/mol. The van der Waals surface area contributed by atoms with Crippen LogP contribution in [-0.2, 0) is 4.43 Å². The third-order valence-corrected chi connectivity index (χ3v) is 9.66. The Morgan fingerprint density at radius 3 is 2.38 bits per heavy atom. The average molecular weight is 242 g/mol. The van der Waals surface area contributed by atoms with E-state index in [-0.39, 0.29) is 5.41 Å². The molecule has 2 rings (SSSR count). The smallest absolute Gasteiger partial charge is 0.192 e. The molecule has 2 aliphatic rings. The second-order valence-corrected chi connectivity index (χ2v) is 12.1. The summed E-state index contributed by atoms with van der Waals surface area (Å²) in [6, 6.07) is 0. The molecule has 0 aromatic rings. The van der Waals surface area contributed by atoms with Crippen LogP contribution in [0.5, 0.6) is 0 Å². The lowest BCUT2D eigenvalue weighted by molar-refractivity contribution is 0.141. The van der Waals surface area contributed by atoms with Crippen molar-refractivity contribution < 1.29 is 9.53 Å². The molecule has 0 amide bonds. The lowest BCUT2D eigenvalue weighted by Crippen LogP contribution is -2.43. The molecule has 3 heteroatoms. The maximum Gasteiger partial charge on any atom is 0.192 e. The molecule has 0 heterocycles. The Morgan fingerprint density at radius 2 is 1.94 bits per heavy atom. The van der Waals surface area contributed by atoms with Crippen LogP contribution in [0.25, 0.3) is 0 Å². The van der Waals surface area contributed by atoms with Crippen LogP contribution in [0.4, 0.5) is 0 Å². The summed E-state index contributed by atoms with van der Waals surface area (Å²) in [6.07, 6.45) is 3.95. The van der Waals surface area contributed by atoms with Gasteiger partial charge in [-0.15, -0.1) is 0 Å². The number of aliphatic hydroxyl groups is 1. The Kier molecular flexibility index (Phi) is 2.80. The maximum absolute atomic E-state index is 9.40. The normalized spacial score (nSPS) is 38.6. The molecule has 0 aromatic heterocycles. The summed E-state index contributed by atoms with van der Waals surface area (Å²) in [5.74, 6) is 0.757. The van der Waals surface area contributed by atoms with E-state index in [1.54, 1.807) is 0 Å². The van der Waals surface area contributed by atoms with Gasteiger partial charge in [0.1, 0.15) is 0 Å². The summed E-state index contributed by atoms with van der Waals surface area (Å²) in [5.41, 5.74) is 0.271. The highest BCUT2D eigenvalue weighted by Crippen LogP contribution is 2.64. The number of fused-ring (bicyclic) bond motifs is 1. The lowest BCUT2D eigenvalue weighted by Gasteiger charge is -2.39. The standard InChI is InChI=1S/C13H26O2Si/c1-12(2,3)16(4,5)15-11-6-10-7-13(10,8-11)9-14/h10-11,14H,6-9H2,1-5H3/t10-,11+,13-/m1/s1. The van der Waals surface area contributed by atoms with Crippen LogP contribution in [-0.4, -0.2) is 26.1 Å². The minimum Gasteiger partial charge on any atom is -0.414 e. The molecule has 2 nitrogen and oxygen atoms in total. The minimum absolute atomic E-state index is 0.271. The summed E-state index contributed by atoms with van der Waals surface area (Å²) in [7, 11) is -1.61. The quantitative estimate of drug-likeness (QED) is 0.770. The van der Waals surface area contributed by atoms with E-state index in [0.717, 1.165) is 12.3 Å². The fourth-order valence-corrected chi connectivity index (χ4v) is 4.18. The van der Waals surface area contributed by atoms with Crippen LogP contribution >= 0.6 is 0 Å². The van der Waals surface area contributed by atoms with Gasteiger partial charge >= 0.3 is 0 Å². The van der Waals surface area contributed by atoms with Gasteiger partial charge in [0.25, 0.3) is 0 Å². The van der Waals surface area contributed by atoms with Crippen LogP contribution in [0.1, 0.15) is 40.0 Å². The SMILES string of the molecule is CC(C)(C)[Si](C)(C)O[C@H]1C[C@@H]2C[C@]2(CO)C1. The molecule has 0 spiro atoms. The molecule has 0 bridgehead atoms. The zero-order chi connectivity index (χ0) is 12.2. The summed E-state index contributed by atoms with van der Waals surface area (Å²) in [6.45, 7) is 11.9. The van der Waals surface area contributed by atoms with Crippen molar-refractivity contribution in [3.63, 3.8) is 0 Å². The third-order valence-electron chi connectivity index (χ3n) is 5.12. The number of hydrogen-bond donors (Lipinski definition) is 1. The highest BCUT2D eigenvalue weighted by atomic mass is 28.4. The summed E-state index contributed by atoms with van der Waals surface area (Å²) in [5, 5.41) is 9.70. The predicted octanol–water partition coefficient (Wildman–Crippen LogP) is 3.17. The van der Waals surface area contributed by atoms with E-state index in [1.165, 1.54) is 12.8 Å². The van der Waals surface area contributed by atoms with Crippen molar-refractivity contribution in [3.05, 3.63) is 0 Å². The summed E-state index contributed by atoms with van der Waals surface area (Å²) < 4.78 is 6.42. The first-order chi connectivity index (χ1) is 7.20. The zero-order valence-corrected chi connectivity index (χ0v) is 12.3. The highest BCUT2D eigenvalue weighted by molar-refractivity contribution is 6.74. The van der Waals surface area contributed by atoms with E-state index < -0.39 is 8.32 Å². The number of aliphatic hydroxyl groups excluding tert-OH is 1. The van der Waals surface area contributed by atoms with Crippen molar-refractivity contribution in [1.29, 1.82) is 0 Å². The second kappa shape index (κ2) is 3.56. The molecule has 2 saturated carbocycles. The fraction of sp³-hybridized carbons (Fsp3) is 1.00. The van der Waals surface area contributed by atoms with Crippen LogP contribution < -0.4 is 0 Å². The van der Waals surface area contributed by atoms with E-state index in [4.69, 9.17) is 4.43 Å². The van der Waals surface area contributed by atoms with Gasteiger partial charge < -0.3 is 9.53 Å². The molecule has 94 valence electrons. The van der Waals surface area contributed by atoms with Crippen LogP contribution in [0.3, 0.4) is 0 Å². The van der Waals surface area contributed by atoms with E-state index in [1.807, 2.05) is 0 Å². The molecular formula is C13H26O2Si. The Labute approximate surface area is 101 Å². The van der Waals surface area contributed by atoms with Crippen molar-refractivity contribution >= 4 is 8.32 Å². The highest BCUT2D eigenvalue weighted by Gasteiger charge is 2.60. The van der Waals surface area contributed by atoms with Crippen molar-refractivity contribution in [2.45, 2.75) is 64.3 Å². The van der Waals surface area contributed by atoms with Crippen molar-refractivity contribution in [1.82, 2.24) is 0 Å². The maximum atomic E-state index is 9.40. The fourth-order valence-electron chi connectivity index (χ4n) is 2.81. The summed E-state index contributed by atoms with van der Waals surface area (Å²) in [4.78, 5) is 0. The van der Waals surface area contributed by atoms with Crippen LogP contribution in [0.2, 0.25) is 18.1 Å². The third kappa shape index (κ3) is 1.98. The predicted molar refractivity (Wildman–Crippen MR) is 68.9 cm³/mol. The Balaban J connectivity index is 1.93. The van der Waals surface area contributed by atoms with E-state index >= 15 is 0 Å². The molecule has 0 saturated heterocycles. The van der Waals surface area contributed by atoms with Gasteiger partial charge in [0.2, 0.25) is 0 Å². The molecule has 3 atom stereocenters. The lowest BCUT2D eigenvalue weighted by atomic mass is 10.1. The number of rotatable bonds is 3. The summed E-state index contributed by atoms with van der Waals surface area (Å²) >= 11 is 0. The van der Waals surface area contributed by atoms with Crippen LogP contribution in [0, 0.1) is 11.3 Å². The first-order valence-corrected chi connectivity index (χ1v) is 9.40. The van der Waals surface area contributed by atoms with Gasteiger partial charge in [0, 0.05) is 12.7 Å². The van der Waals surface area contributed by atoms with Gasteiger partial charge in [-0.2, -0.15) is 0 Å². The average Bonchev–Trinajstić information content (AvgIpc) is 2.67. The molecular weight excluding hydrogens is 216 g/mol. The van der Waals surface area contributed by atoms with Crippen molar-refractivity contribution in [3.8, 4) is 0 Å². The Bertz CT molecular complexity index is 278.